The lowest BCUT2D eigenvalue weighted by Gasteiger charge is -2.16. The third-order valence-electron chi connectivity index (χ3n) is 3.98. The highest BCUT2D eigenvalue weighted by atomic mass is 16.5. The highest BCUT2D eigenvalue weighted by molar-refractivity contribution is 5.92. The molecule has 0 spiro atoms. The van der Waals surface area contributed by atoms with Crippen LogP contribution in [-0.2, 0) is 6.42 Å². The van der Waals surface area contributed by atoms with E-state index in [1.54, 1.807) is 13.2 Å². The molecule has 25 heavy (non-hydrogen) atoms. The quantitative estimate of drug-likeness (QED) is 0.759. The number of anilines is 1. The minimum Gasteiger partial charge on any atom is -0.497 e. The second kappa shape index (κ2) is 9.61. The SMILES string of the molecule is CCCCN(C)c1ccc(C(=O)NCCc2ccc(OC)cc2)nn1. The molecule has 0 radical (unpaired) electrons. The van der Waals surface area contributed by atoms with Gasteiger partial charge in [0.15, 0.2) is 11.5 Å². The van der Waals surface area contributed by atoms with Crippen molar-refractivity contribution in [2.45, 2.75) is 26.2 Å². The first-order chi connectivity index (χ1) is 12.1. The van der Waals surface area contributed by atoms with E-state index in [0.29, 0.717) is 12.2 Å². The number of aromatic nitrogens is 2. The maximum absolute atomic E-state index is 12.1. The topological polar surface area (TPSA) is 67.4 Å². The molecule has 0 aliphatic heterocycles. The van der Waals surface area contributed by atoms with Gasteiger partial charge in [-0.2, -0.15) is 0 Å². The summed E-state index contributed by atoms with van der Waals surface area (Å²) in [4.78, 5) is 14.2. The van der Waals surface area contributed by atoms with Gasteiger partial charge in [-0.3, -0.25) is 4.79 Å². The summed E-state index contributed by atoms with van der Waals surface area (Å²) in [6.07, 6.45) is 2.99. The van der Waals surface area contributed by atoms with Crippen LogP contribution in [0.15, 0.2) is 36.4 Å². The van der Waals surface area contributed by atoms with Crippen LogP contribution in [0.2, 0.25) is 0 Å². The Hall–Kier alpha value is -2.63. The molecule has 0 aliphatic rings. The van der Waals surface area contributed by atoms with E-state index in [1.807, 2.05) is 42.3 Å². The molecule has 134 valence electrons. The fourth-order valence-electron chi connectivity index (χ4n) is 2.36. The Morgan fingerprint density at radius 3 is 2.52 bits per heavy atom. The number of hydrogen-bond acceptors (Lipinski definition) is 5. The summed E-state index contributed by atoms with van der Waals surface area (Å²) in [5.74, 6) is 1.40. The normalized spacial score (nSPS) is 10.4. The molecule has 6 nitrogen and oxygen atoms in total. The van der Waals surface area contributed by atoms with Crippen molar-refractivity contribution in [1.82, 2.24) is 15.5 Å². The molecule has 6 heteroatoms. The zero-order chi connectivity index (χ0) is 18.1. The number of carbonyl (C=O) groups excluding carboxylic acids is 1. The largest absolute Gasteiger partial charge is 0.497 e. The first-order valence-corrected chi connectivity index (χ1v) is 8.60. The Morgan fingerprint density at radius 2 is 1.92 bits per heavy atom. The third-order valence-corrected chi connectivity index (χ3v) is 3.98. The van der Waals surface area contributed by atoms with E-state index in [2.05, 4.69) is 22.4 Å². The van der Waals surface area contributed by atoms with Crippen molar-refractivity contribution in [2.75, 3.05) is 32.1 Å². The van der Waals surface area contributed by atoms with Gasteiger partial charge in [-0.1, -0.05) is 25.5 Å². The van der Waals surface area contributed by atoms with Crippen LogP contribution in [0.25, 0.3) is 0 Å². The predicted octanol–water partition coefficient (Wildman–Crippen LogP) is 2.69. The number of hydrogen-bond donors (Lipinski definition) is 1. The number of methoxy groups -OCH3 is 1. The van der Waals surface area contributed by atoms with Gasteiger partial charge >= 0.3 is 0 Å². The highest BCUT2D eigenvalue weighted by Crippen LogP contribution is 2.11. The monoisotopic (exact) mass is 342 g/mol. The molecule has 0 unspecified atom stereocenters. The summed E-state index contributed by atoms with van der Waals surface area (Å²) < 4.78 is 5.13. The van der Waals surface area contributed by atoms with Crippen LogP contribution in [0.5, 0.6) is 5.75 Å². The average Bonchev–Trinajstić information content (AvgIpc) is 2.66. The summed E-state index contributed by atoms with van der Waals surface area (Å²) in [5, 5.41) is 11.0. The summed E-state index contributed by atoms with van der Waals surface area (Å²) in [5.41, 5.74) is 1.47. The maximum atomic E-state index is 12.1. The van der Waals surface area contributed by atoms with Gasteiger partial charge in [0.2, 0.25) is 0 Å². The van der Waals surface area contributed by atoms with Gasteiger partial charge in [0.25, 0.3) is 5.91 Å². The fraction of sp³-hybridized carbons (Fsp3) is 0.421. The summed E-state index contributed by atoms with van der Waals surface area (Å²) in [6.45, 7) is 3.63. The minimum atomic E-state index is -0.205. The molecule has 1 N–H and O–H groups in total. The number of ether oxygens (including phenoxy) is 1. The number of rotatable bonds is 9. The lowest BCUT2D eigenvalue weighted by molar-refractivity contribution is 0.0948. The van der Waals surface area contributed by atoms with Crippen molar-refractivity contribution in [3.05, 3.63) is 47.7 Å². The van der Waals surface area contributed by atoms with Crippen LogP contribution in [0.1, 0.15) is 35.8 Å². The number of nitrogens with zero attached hydrogens (tertiary/aromatic N) is 3. The van der Waals surface area contributed by atoms with Gasteiger partial charge in [0.05, 0.1) is 7.11 Å². The lowest BCUT2D eigenvalue weighted by Crippen LogP contribution is -2.27. The standard InChI is InChI=1S/C19H26N4O2/c1-4-5-14-23(2)18-11-10-17(21-22-18)19(24)20-13-12-15-6-8-16(25-3)9-7-15/h6-11H,4-5,12-14H2,1-3H3,(H,20,24). The van der Waals surface area contributed by atoms with Crippen LogP contribution >= 0.6 is 0 Å². The first-order valence-electron chi connectivity index (χ1n) is 8.60. The fourth-order valence-corrected chi connectivity index (χ4v) is 2.36. The van der Waals surface area contributed by atoms with Crippen LogP contribution in [0, 0.1) is 0 Å². The van der Waals surface area contributed by atoms with E-state index in [9.17, 15) is 4.79 Å². The molecule has 0 saturated carbocycles. The molecule has 0 fully saturated rings. The predicted molar refractivity (Wildman–Crippen MR) is 99.2 cm³/mol. The smallest absolute Gasteiger partial charge is 0.271 e. The Kier molecular flexibility index (Phi) is 7.19. The molecular weight excluding hydrogens is 316 g/mol. The van der Waals surface area contributed by atoms with E-state index in [0.717, 1.165) is 42.9 Å². The molecule has 0 bridgehead atoms. The van der Waals surface area contributed by atoms with E-state index in [1.165, 1.54) is 0 Å². The van der Waals surface area contributed by atoms with Gasteiger partial charge in [-0.25, -0.2) is 0 Å². The summed E-state index contributed by atoms with van der Waals surface area (Å²) in [6, 6.07) is 11.4. The molecule has 1 aromatic heterocycles. The second-order valence-electron chi connectivity index (χ2n) is 5.91. The van der Waals surface area contributed by atoms with Crippen molar-refractivity contribution in [3.8, 4) is 5.75 Å². The van der Waals surface area contributed by atoms with Crippen LogP contribution in [-0.4, -0.2) is 43.4 Å². The molecule has 0 saturated heterocycles. The summed E-state index contributed by atoms with van der Waals surface area (Å²) >= 11 is 0. The minimum absolute atomic E-state index is 0.205. The Morgan fingerprint density at radius 1 is 1.16 bits per heavy atom. The van der Waals surface area contributed by atoms with E-state index in [4.69, 9.17) is 4.74 Å². The molecule has 1 amide bonds. The van der Waals surface area contributed by atoms with Gasteiger partial charge in [0.1, 0.15) is 5.75 Å². The van der Waals surface area contributed by atoms with Crippen LogP contribution < -0.4 is 15.0 Å². The summed E-state index contributed by atoms with van der Waals surface area (Å²) in [7, 11) is 3.62. The van der Waals surface area contributed by atoms with Crippen molar-refractivity contribution >= 4 is 11.7 Å². The van der Waals surface area contributed by atoms with E-state index >= 15 is 0 Å². The number of nitrogens with one attached hydrogen (secondary N) is 1. The molecular formula is C19H26N4O2. The number of benzene rings is 1. The number of unbranched alkanes of at least 4 members (excludes halogenated alkanes) is 1. The highest BCUT2D eigenvalue weighted by Gasteiger charge is 2.09. The molecule has 0 atom stereocenters. The molecule has 2 rings (SSSR count). The lowest BCUT2D eigenvalue weighted by atomic mass is 10.1. The van der Waals surface area contributed by atoms with Crippen LogP contribution in [0.3, 0.4) is 0 Å². The van der Waals surface area contributed by atoms with E-state index in [-0.39, 0.29) is 5.91 Å². The van der Waals surface area contributed by atoms with Gasteiger partial charge < -0.3 is 15.0 Å². The Bertz CT molecular complexity index is 656. The van der Waals surface area contributed by atoms with Crippen LogP contribution in [0.4, 0.5) is 5.82 Å². The first kappa shape index (κ1) is 18.7. The Labute approximate surface area is 149 Å². The van der Waals surface area contributed by atoms with Crippen molar-refractivity contribution < 1.29 is 9.53 Å². The molecule has 1 aromatic carbocycles. The number of amides is 1. The zero-order valence-electron chi connectivity index (χ0n) is 15.2. The van der Waals surface area contributed by atoms with Gasteiger partial charge in [0, 0.05) is 20.1 Å². The maximum Gasteiger partial charge on any atom is 0.271 e. The van der Waals surface area contributed by atoms with Crippen molar-refractivity contribution in [2.24, 2.45) is 0 Å². The van der Waals surface area contributed by atoms with Gasteiger partial charge in [-0.15, -0.1) is 10.2 Å². The van der Waals surface area contributed by atoms with Gasteiger partial charge in [-0.05, 0) is 42.7 Å². The Balaban J connectivity index is 1.81. The van der Waals surface area contributed by atoms with Crippen molar-refractivity contribution in [1.29, 1.82) is 0 Å². The molecule has 0 aliphatic carbocycles. The van der Waals surface area contributed by atoms with E-state index < -0.39 is 0 Å². The zero-order valence-corrected chi connectivity index (χ0v) is 15.2. The molecule has 1 heterocycles. The third kappa shape index (κ3) is 5.74. The second-order valence-corrected chi connectivity index (χ2v) is 5.91. The average molecular weight is 342 g/mol. The van der Waals surface area contributed by atoms with Crippen molar-refractivity contribution in [3.63, 3.8) is 0 Å². The molecule has 2 aromatic rings. The number of carbonyl (C=O) groups is 1.